The van der Waals surface area contributed by atoms with E-state index in [-0.39, 0.29) is 23.3 Å². The van der Waals surface area contributed by atoms with Gasteiger partial charge in [-0.2, -0.15) is 21.6 Å². The highest BCUT2D eigenvalue weighted by Crippen LogP contribution is 2.29. The number of nitrogens with zero attached hydrogens (tertiary/aromatic N) is 5. The number of nitrogens with two attached hydrogens (primary N) is 1. The van der Waals surface area contributed by atoms with E-state index in [1.807, 2.05) is 32.2 Å². The Morgan fingerprint density at radius 3 is 2.39 bits per heavy atom. The third kappa shape index (κ3) is 5.01. The van der Waals surface area contributed by atoms with E-state index in [4.69, 9.17) is 5.73 Å². The summed E-state index contributed by atoms with van der Waals surface area (Å²) in [6.45, 7) is 3.07. The molecule has 202 valence electrons. The smallest absolute Gasteiger partial charge is 0.363 e. The summed E-state index contributed by atoms with van der Waals surface area (Å²) in [6, 6.07) is 10.2. The Morgan fingerprint density at radius 1 is 1.11 bits per heavy atom. The number of sulfonamides is 1. The number of rotatable bonds is 7. The van der Waals surface area contributed by atoms with Crippen molar-refractivity contribution < 1.29 is 31.2 Å². The van der Waals surface area contributed by atoms with Gasteiger partial charge in [-0.3, -0.25) is 19.0 Å². The molecule has 0 bridgehead atoms. The van der Waals surface area contributed by atoms with Crippen LogP contribution >= 0.6 is 0 Å². The third-order valence-electron chi connectivity index (χ3n) is 5.85. The number of hydrogen-bond donors (Lipinski definition) is 2. The molecule has 2 aromatic heterocycles. The second-order valence-corrected chi connectivity index (χ2v) is 10.3. The predicted molar refractivity (Wildman–Crippen MR) is 133 cm³/mol. The minimum Gasteiger partial charge on any atom is -0.363 e. The number of fused-ring (bicyclic) bond motifs is 1. The molecule has 4 rings (SSSR count). The molecule has 11 nitrogen and oxygen atoms in total. The molecule has 3 aromatic rings. The number of nitrogens with one attached hydrogen (secondary N) is 1. The number of primary amides is 1. The number of hydrogen-bond acceptors (Lipinski definition) is 7. The quantitative estimate of drug-likeness (QED) is 0.459. The zero-order valence-electron chi connectivity index (χ0n) is 20.4. The lowest BCUT2D eigenvalue weighted by molar-refractivity contribution is -0.112. The number of halogens is 3. The fourth-order valence-electron chi connectivity index (χ4n) is 3.96. The number of benzene rings is 1. The molecule has 0 atom stereocenters. The van der Waals surface area contributed by atoms with Crippen LogP contribution in [0, 0.1) is 6.92 Å². The van der Waals surface area contributed by atoms with Crippen molar-refractivity contribution in [3.05, 3.63) is 65.1 Å². The molecular formula is C23H24F3N7O4S. The molecule has 0 aliphatic carbocycles. The molecule has 38 heavy (non-hydrogen) atoms. The van der Waals surface area contributed by atoms with Crippen LogP contribution in [0.2, 0.25) is 0 Å². The average molecular weight is 552 g/mol. The van der Waals surface area contributed by atoms with Gasteiger partial charge in [0, 0.05) is 12.7 Å². The van der Waals surface area contributed by atoms with E-state index in [1.165, 1.54) is 5.01 Å². The zero-order valence-corrected chi connectivity index (χ0v) is 21.2. The van der Waals surface area contributed by atoms with Crippen LogP contribution in [0.1, 0.15) is 34.2 Å². The minimum absolute atomic E-state index is 0.137. The second kappa shape index (κ2) is 9.96. The number of aryl methyl sites for hydroxylation is 2. The molecule has 0 fully saturated rings. The Hall–Kier alpha value is -4.14. The highest BCUT2D eigenvalue weighted by molar-refractivity contribution is 7.90. The van der Waals surface area contributed by atoms with Gasteiger partial charge in [0.05, 0.1) is 24.5 Å². The normalized spacial score (nSPS) is 14.5. The molecule has 0 spiro atoms. The number of pyridine rings is 1. The maximum Gasteiger partial charge on any atom is 0.516 e. The molecule has 1 aliphatic rings. The molecule has 0 saturated carbocycles. The highest BCUT2D eigenvalue weighted by atomic mass is 32.2. The van der Waals surface area contributed by atoms with Crippen molar-refractivity contribution in [1.82, 2.24) is 19.0 Å². The molecular weight excluding hydrogens is 527 g/mol. The summed E-state index contributed by atoms with van der Waals surface area (Å²) < 4.78 is 64.2. The van der Waals surface area contributed by atoms with Crippen molar-refractivity contribution in [3.8, 4) is 0 Å². The lowest BCUT2D eigenvalue weighted by atomic mass is 10.2. The van der Waals surface area contributed by atoms with Crippen molar-refractivity contribution >= 4 is 39.0 Å². The molecule has 3 heterocycles. The molecule has 2 amide bonds. The van der Waals surface area contributed by atoms with E-state index in [2.05, 4.69) is 15.4 Å². The van der Waals surface area contributed by atoms with Gasteiger partial charge in [0.2, 0.25) is 5.84 Å². The largest absolute Gasteiger partial charge is 0.516 e. The van der Waals surface area contributed by atoms with E-state index in [9.17, 15) is 31.2 Å². The van der Waals surface area contributed by atoms with Crippen molar-refractivity contribution in [2.45, 2.75) is 32.3 Å². The molecule has 1 aromatic carbocycles. The first-order chi connectivity index (χ1) is 17.8. The first-order valence-corrected chi connectivity index (χ1v) is 12.9. The number of amides is 2. The minimum atomic E-state index is -5.83. The predicted octanol–water partition coefficient (Wildman–Crippen LogP) is 1.91. The maximum absolute atomic E-state index is 13.0. The lowest BCUT2D eigenvalue weighted by Gasteiger charge is -2.33. The number of imidazole rings is 1. The number of amidine groups is 1. The number of carbonyl (C=O) groups is 2. The second-order valence-electron chi connectivity index (χ2n) is 8.48. The summed E-state index contributed by atoms with van der Waals surface area (Å²) in [4.78, 5) is 29.2. The third-order valence-corrected chi connectivity index (χ3v) is 7.37. The number of hydrazone groups is 1. The Morgan fingerprint density at radius 2 is 1.79 bits per heavy atom. The monoisotopic (exact) mass is 551 g/mol. The molecule has 1 aliphatic heterocycles. The van der Waals surface area contributed by atoms with Gasteiger partial charge < -0.3 is 11.1 Å². The number of anilines is 1. The SMILES string of the molecule is CCc1nc2ccc(C)cn2c1C(=O)NCc1ccc(N2CCN(S(=O)(=O)C(F)(F)F)C(C(N)=O)=N2)cc1. The Labute approximate surface area is 215 Å². The Bertz CT molecular complexity index is 1530. The number of alkyl halides is 3. The van der Waals surface area contributed by atoms with Crippen LogP contribution in [0.5, 0.6) is 0 Å². The van der Waals surface area contributed by atoms with E-state index in [1.54, 1.807) is 28.7 Å². The first kappa shape index (κ1) is 26.9. The standard InChI is InChI=1S/C23H24F3N7O4S/c1-3-17-19(31-13-14(2)4-9-18(31)29-17)22(35)28-12-15-5-7-16(8-6-15)32-10-11-33(21(30-32)20(27)34)38(36,37)23(24,25)26/h4-9,13H,3,10-12H2,1-2H3,(H2,27,34)(H,28,35). The summed E-state index contributed by atoms with van der Waals surface area (Å²) in [5.74, 6) is -2.77. The lowest BCUT2D eigenvalue weighted by Crippen LogP contribution is -2.54. The summed E-state index contributed by atoms with van der Waals surface area (Å²) in [5.41, 5.74) is 3.35. The number of carbonyl (C=O) groups excluding carboxylic acids is 2. The van der Waals surface area contributed by atoms with Gasteiger partial charge in [0.25, 0.3) is 11.8 Å². The van der Waals surface area contributed by atoms with Gasteiger partial charge in [-0.25, -0.2) is 9.29 Å². The van der Waals surface area contributed by atoms with Gasteiger partial charge in [-0.1, -0.05) is 25.1 Å². The van der Waals surface area contributed by atoms with E-state index in [0.717, 1.165) is 5.56 Å². The molecule has 3 N–H and O–H groups in total. The topological polar surface area (TPSA) is 142 Å². The molecule has 0 saturated heterocycles. The van der Waals surface area contributed by atoms with Crippen molar-refractivity contribution in [1.29, 1.82) is 0 Å². The van der Waals surface area contributed by atoms with Crippen LogP contribution < -0.4 is 16.1 Å². The fourth-order valence-corrected chi connectivity index (χ4v) is 4.89. The van der Waals surface area contributed by atoms with Crippen molar-refractivity contribution in [3.63, 3.8) is 0 Å². The summed E-state index contributed by atoms with van der Waals surface area (Å²) in [5, 5.41) is 7.79. The van der Waals surface area contributed by atoms with Gasteiger partial charge >= 0.3 is 15.5 Å². The van der Waals surface area contributed by atoms with E-state index in [0.29, 0.717) is 34.7 Å². The Balaban J connectivity index is 1.50. The van der Waals surface area contributed by atoms with Crippen LogP contribution in [0.15, 0.2) is 47.7 Å². The zero-order chi connectivity index (χ0) is 27.8. The highest BCUT2D eigenvalue weighted by Gasteiger charge is 2.52. The summed E-state index contributed by atoms with van der Waals surface area (Å²) in [6.07, 6.45) is 2.41. The molecule has 0 unspecified atom stereocenters. The van der Waals surface area contributed by atoms with Crippen molar-refractivity contribution in [2.24, 2.45) is 10.8 Å². The van der Waals surface area contributed by atoms with Crippen LogP contribution in [-0.2, 0) is 27.8 Å². The number of aromatic nitrogens is 2. The van der Waals surface area contributed by atoms with Gasteiger partial charge in [0.15, 0.2) is 0 Å². The molecule has 0 radical (unpaired) electrons. The van der Waals surface area contributed by atoms with E-state index >= 15 is 0 Å². The van der Waals surface area contributed by atoms with Crippen molar-refractivity contribution in [2.75, 3.05) is 18.1 Å². The van der Waals surface area contributed by atoms with Crippen LogP contribution in [0.25, 0.3) is 5.65 Å². The van der Waals surface area contributed by atoms with Crippen LogP contribution in [0.4, 0.5) is 18.9 Å². The fraction of sp³-hybridized carbons (Fsp3) is 0.304. The van der Waals surface area contributed by atoms with Gasteiger partial charge in [0.1, 0.15) is 11.3 Å². The Kier molecular flexibility index (Phi) is 7.06. The van der Waals surface area contributed by atoms with Gasteiger partial charge in [-0.05, 0) is 42.7 Å². The van der Waals surface area contributed by atoms with Crippen LogP contribution in [0.3, 0.4) is 0 Å². The van der Waals surface area contributed by atoms with Crippen LogP contribution in [-0.4, -0.2) is 58.4 Å². The average Bonchev–Trinajstić information content (AvgIpc) is 3.24. The first-order valence-electron chi connectivity index (χ1n) is 11.4. The summed E-state index contributed by atoms with van der Waals surface area (Å²) in [7, 11) is -5.83. The van der Waals surface area contributed by atoms with E-state index < -0.39 is 33.8 Å². The molecule has 15 heteroatoms. The van der Waals surface area contributed by atoms with Gasteiger partial charge in [-0.15, -0.1) is 5.10 Å². The maximum atomic E-state index is 13.0. The summed E-state index contributed by atoms with van der Waals surface area (Å²) >= 11 is 0.